The minimum atomic E-state index is -0.503. The summed E-state index contributed by atoms with van der Waals surface area (Å²) in [5, 5.41) is 9.86. The van der Waals surface area contributed by atoms with E-state index in [1.54, 1.807) is 0 Å². The molecule has 0 bridgehead atoms. The third kappa shape index (κ3) is 9.78. The van der Waals surface area contributed by atoms with Crippen molar-refractivity contribution in [1.29, 1.82) is 5.41 Å². The summed E-state index contributed by atoms with van der Waals surface area (Å²) in [4.78, 5) is 11.5. The Bertz CT molecular complexity index is 565. The van der Waals surface area contributed by atoms with E-state index in [2.05, 4.69) is 5.32 Å². The van der Waals surface area contributed by atoms with Gasteiger partial charge in [-0.3, -0.25) is 5.41 Å². The molecule has 0 heterocycles. The lowest BCUT2D eigenvalue weighted by Gasteiger charge is -2.19. The molecule has 0 unspecified atom stereocenters. The van der Waals surface area contributed by atoms with Gasteiger partial charge in [-0.2, -0.15) is 0 Å². The van der Waals surface area contributed by atoms with Crippen molar-refractivity contribution in [3.05, 3.63) is 35.9 Å². The van der Waals surface area contributed by atoms with Gasteiger partial charge in [0.15, 0.2) is 5.17 Å². The lowest BCUT2D eigenvalue weighted by Crippen LogP contribution is -2.34. The number of hydrogen-bond donors (Lipinski definition) is 3. The lowest BCUT2D eigenvalue weighted by atomic mass is 10.2. The molecule has 132 valence electrons. The maximum atomic E-state index is 11.5. The molecule has 0 spiro atoms. The number of nitrogens with one attached hydrogen (secondary N) is 2. The second kappa shape index (κ2) is 9.87. The number of alkyl carbamates (subject to hydrolysis) is 1. The first-order chi connectivity index (χ1) is 11.3. The molecule has 7 heteroatoms. The van der Waals surface area contributed by atoms with Crippen LogP contribution in [-0.4, -0.2) is 35.8 Å². The maximum Gasteiger partial charge on any atom is 0.407 e. The second-order valence-electron chi connectivity index (χ2n) is 5.92. The van der Waals surface area contributed by atoms with Gasteiger partial charge in [-0.05, 0) is 38.5 Å². The highest BCUT2D eigenvalue weighted by molar-refractivity contribution is 8.13. The molecule has 1 rings (SSSR count). The predicted octanol–water partition coefficient (Wildman–Crippen LogP) is 3.23. The van der Waals surface area contributed by atoms with Gasteiger partial charge in [0.2, 0.25) is 0 Å². The number of carbonyl (C=O) groups excluding carboxylic acids is 1. The molecule has 0 aromatic heterocycles. The van der Waals surface area contributed by atoms with Crippen LogP contribution in [0.1, 0.15) is 26.3 Å². The Morgan fingerprint density at radius 1 is 1.33 bits per heavy atom. The quantitative estimate of drug-likeness (QED) is 0.398. The Morgan fingerprint density at radius 3 is 2.58 bits per heavy atom. The lowest BCUT2D eigenvalue weighted by molar-refractivity contribution is 0.0520. The first-order valence-corrected chi connectivity index (χ1v) is 8.58. The molecule has 0 radical (unpaired) electrons. The van der Waals surface area contributed by atoms with Crippen LogP contribution in [0.15, 0.2) is 30.3 Å². The molecule has 0 aliphatic rings. The van der Waals surface area contributed by atoms with E-state index >= 15 is 0 Å². The van der Waals surface area contributed by atoms with Crippen LogP contribution < -0.4 is 15.8 Å². The van der Waals surface area contributed by atoms with Crippen LogP contribution >= 0.6 is 11.8 Å². The van der Waals surface area contributed by atoms with Crippen molar-refractivity contribution in [2.45, 2.75) is 26.4 Å². The zero-order valence-corrected chi connectivity index (χ0v) is 15.1. The van der Waals surface area contributed by atoms with Gasteiger partial charge in [-0.25, -0.2) is 4.79 Å². The Balaban J connectivity index is 2.27. The van der Waals surface area contributed by atoms with E-state index in [9.17, 15) is 4.79 Å². The summed E-state index contributed by atoms with van der Waals surface area (Å²) in [6, 6.07) is 7.60. The molecule has 4 N–H and O–H groups in total. The van der Waals surface area contributed by atoms with Crippen molar-refractivity contribution in [2.24, 2.45) is 5.73 Å². The van der Waals surface area contributed by atoms with Crippen LogP contribution in [0, 0.1) is 5.41 Å². The first-order valence-electron chi connectivity index (χ1n) is 7.59. The summed E-state index contributed by atoms with van der Waals surface area (Å²) in [6.07, 6.45) is 3.46. The number of hydrogen-bond acceptors (Lipinski definition) is 5. The van der Waals surface area contributed by atoms with Crippen LogP contribution in [0.5, 0.6) is 5.75 Å². The number of ether oxygens (including phenoxy) is 2. The number of rotatable bonds is 7. The third-order valence-electron chi connectivity index (χ3n) is 2.56. The van der Waals surface area contributed by atoms with E-state index in [0.717, 1.165) is 11.3 Å². The van der Waals surface area contributed by atoms with Crippen LogP contribution in [0.2, 0.25) is 0 Å². The molecule has 6 nitrogen and oxygen atoms in total. The third-order valence-corrected chi connectivity index (χ3v) is 3.23. The Labute approximate surface area is 147 Å². The Hall–Kier alpha value is -2.15. The van der Waals surface area contributed by atoms with Crippen molar-refractivity contribution in [2.75, 3.05) is 18.9 Å². The minimum absolute atomic E-state index is 0.114. The topological polar surface area (TPSA) is 97.4 Å². The number of amidine groups is 1. The van der Waals surface area contributed by atoms with E-state index in [4.69, 9.17) is 20.6 Å². The van der Waals surface area contributed by atoms with Crippen molar-refractivity contribution in [3.63, 3.8) is 0 Å². The molecule has 24 heavy (non-hydrogen) atoms. The standard InChI is InChI=1S/C17H25N3O3S/c1-17(2,3)23-16(21)20-10-11-22-14-8-6-13(7-9-14)5-4-12-24-15(18)19/h4-9H,10-12H2,1-3H3,(H3,18,19)(H,20,21)/b5-4+. The SMILES string of the molecule is CC(C)(C)OC(=O)NCCOc1ccc(/C=C/CSC(=N)N)cc1. The fourth-order valence-corrected chi connectivity index (χ4v) is 2.01. The number of thioether (sulfide) groups is 1. The molecule has 1 amide bonds. The summed E-state index contributed by atoms with van der Waals surface area (Å²) in [5.74, 6) is 1.40. The molecule has 0 aliphatic heterocycles. The summed E-state index contributed by atoms with van der Waals surface area (Å²) in [5.41, 5.74) is 5.80. The van der Waals surface area contributed by atoms with E-state index in [1.807, 2.05) is 57.2 Å². The molecule has 0 fully saturated rings. The smallest absolute Gasteiger partial charge is 0.407 e. The zero-order valence-electron chi connectivity index (χ0n) is 14.3. The van der Waals surface area contributed by atoms with Crippen LogP contribution in [-0.2, 0) is 4.74 Å². The highest BCUT2D eigenvalue weighted by Crippen LogP contribution is 2.13. The summed E-state index contributed by atoms with van der Waals surface area (Å²) in [6.45, 7) is 6.19. The van der Waals surface area contributed by atoms with Gasteiger partial charge in [-0.1, -0.05) is 36.0 Å². The summed E-state index contributed by atoms with van der Waals surface area (Å²) >= 11 is 1.28. The molecule has 0 saturated carbocycles. The minimum Gasteiger partial charge on any atom is -0.492 e. The normalized spacial score (nSPS) is 11.3. The summed E-state index contributed by atoms with van der Waals surface area (Å²) in [7, 11) is 0. The molecular formula is C17H25N3O3S. The van der Waals surface area contributed by atoms with E-state index in [0.29, 0.717) is 18.9 Å². The second-order valence-corrected chi connectivity index (χ2v) is 6.99. The molecule has 0 saturated heterocycles. The highest BCUT2D eigenvalue weighted by Gasteiger charge is 2.15. The van der Waals surface area contributed by atoms with Gasteiger partial charge < -0.3 is 20.5 Å². The van der Waals surface area contributed by atoms with Crippen molar-refractivity contribution in [3.8, 4) is 5.75 Å². The fraction of sp³-hybridized carbons (Fsp3) is 0.412. The average Bonchev–Trinajstić information content (AvgIpc) is 2.47. The van der Waals surface area contributed by atoms with Gasteiger partial charge in [0, 0.05) is 5.75 Å². The molecule has 0 atom stereocenters. The summed E-state index contributed by atoms with van der Waals surface area (Å²) < 4.78 is 10.7. The Morgan fingerprint density at radius 2 is 2.00 bits per heavy atom. The zero-order chi connectivity index (χ0) is 18.0. The number of amides is 1. The maximum absolute atomic E-state index is 11.5. The van der Waals surface area contributed by atoms with Gasteiger partial charge in [0.1, 0.15) is 18.0 Å². The fourth-order valence-electron chi connectivity index (χ4n) is 1.63. The van der Waals surface area contributed by atoms with Gasteiger partial charge >= 0.3 is 6.09 Å². The van der Waals surface area contributed by atoms with Crippen molar-refractivity contribution >= 4 is 29.1 Å². The Kier molecular flexibility index (Phi) is 8.18. The van der Waals surface area contributed by atoms with Crippen LogP contribution in [0.3, 0.4) is 0 Å². The largest absolute Gasteiger partial charge is 0.492 e. The number of nitrogens with two attached hydrogens (primary N) is 1. The number of carbonyl (C=O) groups is 1. The van der Waals surface area contributed by atoms with Gasteiger partial charge in [0.25, 0.3) is 0 Å². The highest BCUT2D eigenvalue weighted by atomic mass is 32.2. The van der Waals surface area contributed by atoms with Crippen LogP contribution in [0.4, 0.5) is 4.79 Å². The van der Waals surface area contributed by atoms with Crippen molar-refractivity contribution < 1.29 is 14.3 Å². The molecular weight excluding hydrogens is 326 g/mol. The predicted molar refractivity (Wildman–Crippen MR) is 99.6 cm³/mol. The van der Waals surface area contributed by atoms with Gasteiger partial charge in [-0.15, -0.1) is 0 Å². The van der Waals surface area contributed by atoms with E-state index < -0.39 is 11.7 Å². The van der Waals surface area contributed by atoms with E-state index in [-0.39, 0.29) is 5.17 Å². The molecule has 0 aliphatic carbocycles. The average molecular weight is 351 g/mol. The van der Waals surface area contributed by atoms with E-state index in [1.165, 1.54) is 11.8 Å². The van der Waals surface area contributed by atoms with Crippen molar-refractivity contribution in [1.82, 2.24) is 5.32 Å². The van der Waals surface area contributed by atoms with Gasteiger partial charge in [0.05, 0.1) is 6.54 Å². The molecule has 1 aromatic rings. The monoisotopic (exact) mass is 351 g/mol. The number of benzene rings is 1. The van der Waals surface area contributed by atoms with Crippen LogP contribution in [0.25, 0.3) is 6.08 Å². The molecule has 1 aromatic carbocycles. The first kappa shape index (κ1) is 19.9.